The maximum Gasteiger partial charge on any atom is 0.173 e. The van der Waals surface area contributed by atoms with Gasteiger partial charge in [0, 0.05) is 0 Å². The molecular formula is C14H21N5. The van der Waals surface area contributed by atoms with Gasteiger partial charge in [-0.15, -0.1) is 5.10 Å². The molecule has 0 saturated carbocycles. The van der Waals surface area contributed by atoms with Gasteiger partial charge in [-0.3, -0.25) is 0 Å². The number of aryl methyl sites for hydroxylation is 3. The highest BCUT2D eigenvalue weighted by atomic mass is 15.5. The summed E-state index contributed by atoms with van der Waals surface area (Å²) in [6, 6.07) is 4.44. The molecule has 1 N–H and O–H groups in total. The normalized spacial score (nSPS) is 12.7. The van der Waals surface area contributed by atoms with E-state index < -0.39 is 0 Å². The minimum Gasteiger partial charge on any atom is -0.308 e. The molecule has 0 aliphatic heterocycles. The summed E-state index contributed by atoms with van der Waals surface area (Å²) in [6.45, 7) is 11.3. The fourth-order valence-electron chi connectivity index (χ4n) is 2.53. The standard InChI is InChI=1S/C14H21N5/c1-6-15-12(5)14-16-17-18-19(14)13-10(3)7-9(2)8-11(13)4/h7-8,12,15H,6H2,1-5H3. The average molecular weight is 259 g/mol. The number of hydrogen-bond acceptors (Lipinski definition) is 4. The minimum atomic E-state index is 0.125. The van der Waals surface area contributed by atoms with Crippen LogP contribution in [0.5, 0.6) is 0 Å². The maximum absolute atomic E-state index is 4.16. The lowest BCUT2D eigenvalue weighted by atomic mass is 10.1. The Kier molecular flexibility index (Phi) is 3.95. The zero-order valence-corrected chi connectivity index (χ0v) is 12.2. The summed E-state index contributed by atoms with van der Waals surface area (Å²) in [7, 11) is 0. The van der Waals surface area contributed by atoms with E-state index in [1.807, 2.05) is 4.68 Å². The first-order valence-electron chi connectivity index (χ1n) is 6.64. The fraction of sp³-hybridized carbons (Fsp3) is 0.500. The Balaban J connectivity index is 2.52. The van der Waals surface area contributed by atoms with Gasteiger partial charge in [-0.05, 0) is 55.8 Å². The lowest BCUT2D eigenvalue weighted by Gasteiger charge is -2.15. The van der Waals surface area contributed by atoms with Gasteiger partial charge in [0.25, 0.3) is 0 Å². The molecule has 2 rings (SSSR count). The van der Waals surface area contributed by atoms with Crippen LogP contribution in [0.3, 0.4) is 0 Å². The van der Waals surface area contributed by atoms with Crippen molar-refractivity contribution in [1.29, 1.82) is 0 Å². The number of rotatable bonds is 4. The van der Waals surface area contributed by atoms with Crippen LogP contribution in [-0.4, -0.2) is 26.8 Å². The minimum absolute atomic E-state index is 0.125. The van der Waals surface area contributed by atoms with Crippen molar-refractivity contribution in [3.63, 3.8) is 0 Å². The summed E-state index contributed by atoms with van der Waals surface area (Å²) >= 11 is 0. The number of tetrazole rings is 1. The topological polar surface area (TPSA) is 55.6 Å². The highest BCUT2D eigenvalue weighted by Crippen LogP contribution is 2.22. The molecule has 1 aromatic heterocycles. The molecule has 102 valence electrons. The van der Waals surface area contributed by atoms with Crippen LogP contribution >= 0.6 is 0 Å². The zero-order chi connectivity index (χ0) is 14.0. The second-order valence-corrected chi connectivity index (χ2v) is 4.98. The lowest BCUT2D eigenvalue weighted by Crippen LogP contribution is -2.22. The summed E-state index contributed by atoms with van der Waals surface area (Å²) in [4.78, 5) is 0. The van der Waals surface area contributed by atoms with Crippen LogP contribution in [0.2, 0.25) is 0 Å². The molecular weight excluding hydrogens is 238 g/mol. The van der Waals surface area contributed by atoms with Crippen molar-refractivity contribution in [3.05, 3.63) is 34.6 Å². The van der Waals surface area contributed by atoms with Crippen molar-refractivity contribution in [2.45, 2.75) is 40.7 Å². The molecule has 1 heterocycles. The summed E-state index contributed by atoms with van der Waals surface area (Å²) in [5.74, 6) is 0.844. The molecule has 0 aliphatic carbocycles. The van der Waals surface area contributed by atoms with E-state index in [-0.39, 0.29) is 6.04 Å². The number of benzene rings is 1. The van der Waals surface area contributed by atoms with Gasteiger partial charge in [-0.25, -0.2) is 0 Å². The van der Waals surface area contributed by atoms with Crippen molar-refractivity contribution >= 4 is 0 Å². The molecule has 2 aromatic rings. The van der Waals surface area contributed by atoms with Gasteiger partial charge in [-0.2, -0.15) is 4.68 Å². The molecule has 1 aromatic carbocycles. The van der Waals surface area contributed by atoms with E-state index in [4.69, 9.17) is 0 Å². The molecule has 0 amide bonds. The summed E-state index contributed by atoms with van der Waals surface area (Å²) < 4.78 is 1.84. The first kappa shape index (κ1) is 13.7. The van der Waals surface area contributed by atoms with Crippen molar-refractivity contribution in [3.8, 4) is 5.69 Å². The Bertz CT molecular complexity index is 550. The molecule has 1 atom stereocenters. The Hall–Kier alpha value is -1.75. The molecule has 5 heteroatoms. The second kappa shape index (κ2) is 5.48. The van der Waals surface area contributed by atoms with Gasteiger partial charge in [0.2, 0.25) is 0 Å². The molecule has 0 saturated heterocycles. The predicted octanol–water partition coefficient (Wildman–Crippen LogP) is 2.26. The Morgan fingerprint density at radius 3 is 2.42 bits per heavy atom. The average Bonchev–Trinajstić information content (AvgIpc) is 2.77. The lowest BCUT2D eigenvalue weighted by molar-refractivity contribution is 0.549. The van der Waals surface area contributed by atoms with Gasteiger partial charge in [0.15, 0.2) is 5.82 Å². The summed E-state index contributed by atoms with van der Waals surface area (Å²) in [5, 5.41) is 15.5. The molecule has 0 aliphatic rings. The van der Waals surface area contributed by atoms with Crippen molar-refractivity contribution in [2.75, 3.05) is 6.54 Å². The monoisotopic (exact) mass is 259 g/mol. The highest BCUT2D eigenvalue weighted by molar-refractivity contribution is 5.49. The van der Waals surface area contributed by atoms with E-state index in [0.717, 1.165) is 18.1 Å². The molecule has 0 fully saturated rings. The second-order valence-electron chi connectivity index (χ2n) is 4.98. The van der Waals surface area contributed by atoms with E-state index in [1.165, 1.54) is 16.7 Å². The SMILES string of the molecule is CCNC(C)c1nnnn1-c1c(C)cc(C)cc1C. The van der Waals surface area contributed by atoms with Crippen molar-refractivity contribution in [1.82, 2.24) is 25.5 Å². The van der Waals surface area contributed by atoms with Crippen molar-refractivity contribution in [2.24, 2.45) is 0 Å². The van der Waals surface area contributed by atoms with E-state index >= 15 is 0 Å². The predicted molar refractivity (Wildman–Crippen MR) is 75.5 cm³/mol. The van der Waals surface area contributed by atoms with Crippen LogP contribution in [0.1, 0.15) is 42.4 Å². The van der Waals surface area contributed by atoms with Gasteiger partial charge < -0.3 is 5.32 Å². The van der Waals surface area contributed by atoms with Gasteiger partial charge in [0.1, 0.15) is 0 Å². The third-order valence-corrected chi connectivity index (χ3v) is 3.24. The zero-order valence-electron chi connectivity index (χ0n) is 12.2. The van der Waals surface area contributed by atoms with Crippen LogP contribution in [0.15, 0.2) is 12.1 Å². The van der Waals surface area contributed by atoms with Crippen LogP contribution in [-0.2, 0) is 0 Å². The van der Waals surface area contributed by atoms with E-state index in [9.17, 15) is 0 Å². The van der Waals surface area contributed by atoms with Crippen LogP contribution < -0.4 is 5.32 Å². The van der Waals surface area contributed by atoms with Crippen LogP contribution in [0, 0.1) is 20.8 Å². The number of nitrogens with zero attached hydrogens (tertiary/aromatic N) is 4. The first-order chi connectivity index (χ1) is 9.04. The third-order valence-electron chi connectivity index (χ3n) is 3.24. The fourth-order valence-corrected chi connectivity index (χ4v) is 2.53. The van der Waals surface area contributed by atoms with Crippen LogP contribution in [0.25, 0.3) is 5.69 Å². The number of aromatic nitrogens is 4. The van der Waals surface area contributed by atoms with E-state index in [1.54, 1.807) is 0 Å². The molecule has 19 heavy (non-hydrogen) atoms. The smallest absolute Gasteiger partial charge is 0.173 e. The van der Waals surface area contributed by atoms with Crippen LogP contribution in [0.4, 0.5) is 0 Å². The molecule has 0 radical (unpaired) electrons. The maximum atomic E-state index is 4.16. The van der Waals surface area contributed by atoms with Crippen molar-refractivity contribution < 1.29 is 0 Å². The highest BCUT2D eigenvalue weighted by Gasteiger charge is 2.17. The van der Waals surface area contributed by atoms with Gasteiger partial charge >= 0.3 is 0 Å². The first-order valence-corrected chi connectivity index (χ1v) is 6.64. The molecule has 1 unspecified atom stereocenters. The Morgan fingerprint density at radius 1 is 1.21 bits per heavy atom. The molecule has 0 bridgehead atoms. The summed E-state index contributed by atoms with van der Waals surface area (Å²) in [5.41, 5.74) is 4.72. The third kappa shape index (κ3) is 2.66. The molecule has 5 nitrogen and oxygen atoms in total. The van der Waals surface area contributed by atoms with E-state index in [2.05, 4.69) is 67.6 Å². The number of nitrogens with one attached hydrogen (secondary N) is 1. The van der Waals surface area contributed by atoms with E-state index in [0.29, 0.717) is 0 Å². The molecule has 0 spiro atoms. The van der Waals surface area contributed by atoms with Gasteiger partial charge in [-0.1, -0.05) is 24.6 Å². The quantitative estimate of drug-likeness (QED) is 0.915. The Labute approximate surface area is 114 Å². The largest absolute Gasteiger partial charge is 0.308 e. The summed E-state index contributed by atoms with van der Waals surface area (Å²) in [6.07, 6.45) is 0. The van der Waals surface area contributed by atoms with Gasteiger partial charge in [0.05, 0.1) is 11.7 Å². The number of hydrogen-bond donors (Lipinski definition) is 1. The Morgan fingerprint density at radius 2 is 1.84 bits per heavy atom.